The van der Waals surface area contributed by atoms with Crippen molar-refractivity contribution in [2.45, 2.75) is 32.1 Å². The van der Waals surface area contributed by atoms with Gasteiger partial charge in [-0.3, -0.25) is 0 Å². The van der Waals surface area contributed by atoms with Crippen LogP contribution in [0.2, 0.25) is 0 Å². The summed E-state index contributed by atoms with van der Waals surface area (Å²) in [6.45, 7) is 7.16. The molecule has 1 aliphatic heterocycles. The van der Waals surface area contributed by atoms with E-state index in [1.165, 1.54) is 0 Å². The Morgan fingerprint density at radius 3 is 2.63 bits per heavy atom. The monoisotopic (exact) mass is 428 g/mol. The zero-order chi connectivity index (χ0) is 21.3. The molecule has 1 aromatic carbocycles. The molecule has 0 amide bonds. The van der Waals surface area contributed by atoms with Crippen LogP contribution in [0.25, 0.3) is 5.82 Å². The van der Waals surface area contributed by atoms with Crippen LogP contribution in [-0.4, -0.2) is 48.1 Å². The highest BCUT2D eigenvalue weighted by molar-refractivity contribution is 7.89. The summed E-state index contributed by atoms with van der Waals surface area (Å²) in [7, 11) is -3.58. The van der Waals surface area contributed by atoms with Gasteiger partial charge in [-0.05, 0) is 62.2 Å². The second kappa shape index (κ2) is 8.04. The first-order valence-corrected chi connectivity index (χ1v) is 11.2. The first-order valence-electron chi connectivity index (χ1n) is 9.71. The molecule has 0 fully saturated rings. The zero-order valence-corrected chi connectivity index (χ0v) is 18.0. The van der Waals surface area contributed by atoms with Crippen molar-refractivity contribution in [1.82, 2.24) is 24.7 Å². The van der Waals surface area contributed by atoms with Crippen molar-refractivity contribution >= 4 is 15.8 Å². The molecule has 10 heteroatoms. The smallest absolute Gasteiger partial charge is 0.240 e. The van der Waals surface area contributed by atoms with Gasteiger partial charge in [0.2, 0.25) is 10.0 Å². The van der Waals surface area contributed by atoms with Gasteiger partial charge in [-0.25, -0.2) is 17.8 Å². The maximum Gasteiger partial charge on any atom is 0.240 e. The number of sulfonamides is 1. The number of nitrogens with one attached hydrogen (secondary N) is 2. The van der Waals surface area contributed by atoms with E-state index in [2.05, 4.69) is 25.3 Å². The highest BCUT2D eigenvalue weighted by Crippen LogP contribution is 2.27. The number of benzene rings is 1. The number of rotatable bonds is 7. The van der Waals surface area contributed by atoms with Crippen molar-refractivity contribution < 1.29 is 13.2 Å². The van der Waals surface area contributed by atoms with E-state index in [0.717, 1.165) is 34.7 Å². The molecule has 3 aromatic rings. The lowest BCUT2D eigenvalue weighted by atomic mass is 10.2. The van der Waals surface area contributed by atoms with E-state index in [9.17, 15) is 8.42 Å². The molecule has 0 unspecified atom stereocenters. The van der Waals surface area contributed by atoms with E-state index < -0.39 is 10.0 Å². The maximum absolute atomic E-state index is 12.5. The molecule has 0 aliphatic carbocycles. The van der Waals surface area contributed by atoms with E-state index in [1.54, 1.807) is 28.9 Å². The average molecular weight is 429 g/mol. The zero-order valence-electron chi connectivity index (χ0n) is 17.1. The predicted molar refractivity (Wildman–Crippen MR) is 113 cm³/mol. The molecular weight excluding hydrogens is 404 g/mol. The summed E-state index contributed by atoms with van der Waals surface area (Å²) >= 11 is 0. The lowest BCUT2D eigenvalue weighted by Gasteiger charge is -2.09. The van der Waals surface area contributed by atoms with E-state index in [1.807, 2.05) is 26.8 Å². The fourth-order valence-corrected chi connectivity index (χ4v) is 4.35. The SMILES string of the molecule is Cc1nn(-c2ccc(NCCNS(=O)(=O)c3ccc4c(c3)CCO4)nn2)c(C)c1C. The highest BCUT2D eigenvalue weighted by atomic mass is 32.2. The summed E-state index contributed by atoms with van der Waals surface area (Å²) in [5.41, 5.74) is 4.03. The van der Waals surface area contributed by atoms with Crippen LogP contribution in [0.3, 0.4) is 0 Å². The molecule has 2 aromatic heterocycles. The number of fused-ring (bicyclic) bond motifs is 1. The van der Waals surface area contributed by atoms with E-state index in [0.29, 0.717) is 24.8 Å². The fourth-order valence-electron chi connectivity index (χ4n) is 3.27. The molecule has 0 bridgehead atoms. The summed E-state index contributed by atoms with van der Waals surface area (Å²) in [5, 5.41) is 15.9. The van der Waals surface area contributed by atoms with Gasteiger partial charge >= 0.3 is 0 Å². The van der Waals surface area contributed by atoms with Crippen molar-refractivity contribution in [3.63, 3.8) is 0 Å². The molecule has 0 saturated heterocycles. The van der Waals surface area contributed by atoms with Crippen LogP contribution in [-0.2, 0) is 16.4 Å². The normalized spacial score (nSPS) is 13.2. The Balaban J connectivity index is 1.32. The minimum Gasteiger partial charge on any atom is -0.493 e. The van der Waals surface area contributed by atoms with Crippen molar-refractivity contribution in [1.29, 1.82) is 0 Å². The molecule has 0 radical (unpaired) electrons. The second-order valence-electron chi connectivity index (χ2n) is 7.18. The van der Waals surface area contributed by atoms with Crippen LogP contribution in [0.1, 0.15) is 22.5 Å². The predicted octanol–water partition coefficient (Wildman–Crippen LogP) is 1.91. The molecule has 158 valence electrons. The van der Waals surface area contributed by atoms with Gasteiger partial charge in [-0.15, -0.1) is 10.2 Å². The molecular formula is C20H24N6O3S. The van der Waals surface area contributed by atoms with Crippen LogP contribution in [0.15, 0.2) is 35.2 Å². The van der Waals surface area contributed by atoms with E-state index in [-0.39, 0.29) is 11.4 Å². The highest BCUT2D eigenvalue weighted by Gasteiger charge is 2.19. The topological polar surface area (TPSA) is 111 Å². The largest absolute Gasteiger partial charge is 0.493 e. The molecule has 0 atom stereocenters. The Morgan fingerprint density at radius 2 is 1.93 bits per heavy atom. The van der Waals surface area contributed by atoms with Gasteiger partial charge in [0, 0.05) is 25.2 Å². The summed E-state index contributed by atoms with van der Waals surface area (Å²) < 4.78 is 34.8. The number of hydrogen-bond acceptors (Lipinski definition) is 7. The number of aryl methyl sites for hydroxylation is 1. The van der Waals surface area contributed by atoms with Crippen molar-refractivity contribution in [3.8, 4) is 11.6 Å². The first kappa shape index (κ1) is 20.3. The average Bonchev–Trinajstić information content (AvgIpc) is 3.31. The third-order valence-corrected chi connectivity index (χ3v) is 6.67. The lowest BCUT2D eigenvalue weighted by Crippen LogP contribution is -2.29. The number of ether oxygens (including phenoxy) is 1. The number of nitrogens with zero attached hydrogens (tertiary/aromatic N) is 4. The molecule has 0 spiro atoms. The number of anilines is 1. The quantitative estimate of drug-likeness (QED) is 0.553. The van der Waals surface area contributed by atoms with Gasteiger partial charge in [0.25, 0.3) is 0 Å². The Bertz CT molecular complexity index is 1170. The van der Waals surface area contributed by atoms with Crippen molar-refractivity contribution in [3.05, 3.63) is 52.8 Å². The number of aromatic nitrogens is 4. The lowest BCUT2D eigenvalue weighted by molar-refractivity contribution is 0.356. The fraction of sp³-hybridized carbons (Fsp3) is 0.350. The van der Waals surface area contributed by atoms with Crippen molar-refractivity contribution in [2.75, 3.05) is 25.0 Å². The second-order valence-corrected chi connectivity index (χ2v) is 8.94. The molecule has 2 N–H and O–H groups in total. The molecule has 1 aliphatic rings. The Labute approximate surface area is 175 Å². The summed E-state index contributed by atoms with van der Waals surface area (Å²) in [6, 6.07) is 8.55. The van der Waals surface area contributed by atoms with Gasteiger partial charge in [0.05, 0.1) is 17.2 Å². The Hall–Kier alpha value is -2.98. The summed E-state index contributed by atoms with van der Waals surface area (Å²) in [4.78, 5) is 0.246. The van der Waals surface area contributed by atoms with Crippen LogP contribution < -0.4 is 14.8 Å². The maximum atomic E-state index is 12.5. The van der Waals surface area contributed by atoms with Crippen LogP contribution >= 0.6 is 0 Å². The van der Waals surface area contributed by atoms with Gasteiger partial charge in [-0.2, -0.15) is 5.10 Å². The van der Waals surface area contributed by atoms with Gasteiger partial charge in [0.15, 0.2) is 5.82 Å². The Morgan fingerprint density at radius 1 is 1.10 bits per heavy atom. The van der Waals surface area contributed by atoms with E-state index in [4.69, 9.17) is 4.74 Å². The third kappa shape index (κ3) is 4.01. The molecule has 4 rings (SSSR count). The van der Waals surface area contributed by atoms with Gasteiger partial charge in [0.1, 0.15) is 11.6 Å². The van der Waals surface area contributed by atoms with Crippen molar-refractivity contribution in [2.24, 2.45) is 0 Å². The molecule has 0 saturated carbocycles. The standard InChI is InChI=1S/C20H24N6O3S/c1-13-14(2)25-26(15(13)3)20-7-6-19(23-24-20)21-9-10-22-30(27,28)17-4-5-18-16(12-17)8-11-29-18/h4-7,12,22H,8-11H2,1-3H3,(H,21,23). The van der Waals surface area contributed by atoms with Gasteiger partial charge in [-0.1, -0.05) is 0 Å². The van der Waals surface area contributed by atoms with E-state index >= 15 is 0 Å². The van der Waals surface area contributed by atoms with Gasteiger partial charge < -0.3 is 10.1 Å². The van der Waals surface area contributed by atoms with Crippen LogP contribution in [0.5, 0.6) is 5.75 Å². The third-order valence-electron chi connectivity index (χ3n) is 5.22. The van der Waals surface area contributed by atoms with Crippen LogP contribution in [0.4, 0.5) is 5.82 Å². The molecule has 3 heterocycles. The molecule has 9 nitrogen and oxygen atoms in total. The first-order chi connectivity index (χ1) is 14.3. The summed E-state index contributed by atoms with van der Waals surface area (Å²) in [6.07, 6.45) is 0.728. The minimum absolute atomic E-state index is 0.218. The number of hydrogen-bond donors (Lipinski definition) is 2. The minimum atomic E-state index is -3.58. The van der Waals surface area contributed by atoms with Crippen LogP contribution in [0, 0.1) is 20.8 Å². The molecule has 30 heavy (non-hydrogen) atoms. The summed E-state index contributed by atoms with van der Waals surface area (Å²) in [5.74, 6) is 1.95. The Kier molecular flexibility index (Phi) is 5.44.